The van der Waals surface area contributed by atoms with E-state index >= 15 is 0 Å². The Hall–Kier alpha value is -1.61. The molecule has 1 unspecified atom stereocenters. The molecule has 1 nitrogen and oxygen atoms in total. The Morgan fingerprint density at radius 3 is 2.62 bits per heavy atom. The van der Waals surface area contributed by atoms with Gasteiger partial charge in [0, 0.05) is 5.88 Å². The summed E-state index contributed by atoms with van der Waals surface area (Å²) >= 11 is 5.99. The molecule has 0 heterocycles. The molecule has 0 saturated carbocycles. The minimum absolute atomic E-state index is 0.0371. The zero-order chi connectivity index (χ0) is 15.2. The van der Waals surface area contributed by atoms with Gasteiger partial charge in [-0.15, -0.1) is 11.6 Å². The van der Waals surface area contributed by atoms with Crippen LogP contribution in [0.15, 0.2) is 42.5 Å². The fourth-order valence-corrected chi connectivity index (χ4v) is 2.54. The van der Waals surface area contributed by atoms with E-state index < -0.39 is 11.6 Å². The van der Waals surface area contributed by atoms with Crippen molar-refractivity contribution in [2.24, 2.45) is 5.92 Å². The van der Waals surface area contributed by atoms with Crippen LogP contribution in [0.25, 0.3) is 0 Å². The summed E-state index contributed by atoms with van der Waals surface area (Å²) in [5.41, 5.74) is 1.43. The largest absolute Gasteiger partial charge is 0.497 e. The molecule has 0 bridgehead atoms. The van der Waals surface area contributed by atoms with Gasteiger partial charge in [-0.3, -0.25) is 0 Å². The summed E-state index contributed by atoms with van der Waals surface area (Å²) in [7, 11) is 1.61. The lowest BCUT2D eigenvalue weighted by Gasteiger charge is -2.15. The molecule has 0 fully saturated rings. The van der Waals surface area contributed by atoms with Crippen molar-refractivity contribution in [3.8, 4) is 5.75 Å². The van der Waals surface area contributed by atoms with Gasteiger partial charge in [0.15, 0.2) is 0 Å². The molecule has 0 radical (unpaired) electrons. The summed E-state index contributed by atoms with van der Waals surface area (Å²) in [6, 6.07) is 11.2. The summed E-state index contributed by atoms with van der Waals surface area (Å²) in [6.07, 6.45) is 1.10. The monoisotopic (exact) mass is 310 g/mol. The SMILES string of the molecule is COc1cccc(CC(CCl)Cc2cc(F)ccc2F)c1. The average Bonchev–Trinajstić information content (AvgIpc) is 2.50. The lowest BCUT2D eigenvalue weighted by molar-refractivity contribution is 0.413. The first kappa shape index (κ1) is 15.8. The van der Waals surface area contributed by atoms with E-state index in [9.17, 15) is 8.78 Å². The maximum atomic E-state index is 13.7. The van der Waals surface area contributed by atoms with Gasteiger partial charge < -0.3 is 4.74 Å². The van der Waals surface area contributed by atoms with E-state index in [0.717, 1.165) is 23.4 Å². The Kier molecular flexibility index (Phi) is 5.57. The highest BCUT2D eigenvalue weighted by Gasteiger charge is 2.13. The predicted molar refractivity (Wildman–Crippen MR) is 81.0 cm³/mol. The average molecular weight is 311 g/mol. The van der Waals surface area contributed by atoms with Crippen molar-refractivity contribution >= 4 is 11.6 Å². The Balaban J connectivity index is 2.10. The summed E-state index contributed by atoms with van der Waals surface area (Å²) < 4.78 is 32.1. The maximum Gasteiger partial charge on any atom is 0.126 e. The van der Waals surface area contributed by atoms with E-state index in [2.05, 4.69) is 0 Å². The van der Waals surface area contributed by atoms with Gasteiger partial charge in [0.2, 0.25) is 0 Å². The third-order valence-corrected chi connectivity index (χ3v) is 3.83. The quantitative estimate of drug-likeness (QED) is 0.708. The van der Waals surface area contributed by atoms with Gasteiger partial charge >= 0.3 is 0 Å². The number of halogens is 3. The molecule has 0 N–H and O–H groups in total. The third-order valence-electron chi connectivity index (χ3n) is 3.39. The van der Waals surface area contributed by atoms with Crippen LogP contribution in [0.5, 0.6) is 5.75 Å². The number of rotatable bonds is 6. The molecule has 0 spiro atoms. The first-order chi connectivity index (χ1) is 10.1. The predicted octanol–water partition coefficient (Wildman–Crippen LogP) is 4.61. The summed E-state index contributed by atoms with van der Waals surface area (Å²) in [5.74, 6) is 0.374. The normalized spacial score (nSPS) is 12.2. The topological polar surface area (TPSA) is 9.23 Å². The molecular formula is C17H17ClF2O. The van der Waals surface area contributed by atoms with Gasteiger partial charge in [-0.1, -0.05) is 12.1 Å². The standard InChI is InChI=1S/C17H17ClF2O/c1-21-16-4-2-3-12(9-16)7-13(11-18)8-14-10-15(19)5-6-17(14)20/h2-6,9-10,13H,7-8,11H2,1H3. The molecule has 2 aromatic rings. The van der Waals surface area contributed by atoms with Crippen LogP contribution in [0.2, 0.25) is 0 Å². The Bertz CT molecular complexity index is 601. The van der Waals surface area contributed by atoms with Gasteiger partial charge in [-0.05, 0) is 60.2 Å². The molecule has 4 heteroatoms. The third kappa shape index (κ3) is 4.43. The highest BCUT2D eigenvalue weighted by molar-refractivity contribution is 6.18. The van der Waals surface area contributed by atoms with Crippen LogP contribution in [-0.2, 0) is 12.8 Å². The van der Waals surface area contributed by atoms with E-state index in [0.29, 0.717) is 24.3 Å². The van der Waals surface area contributed by atoms with E-state index in [1.807, 2.05) is 24.3 Å². The smallest absolute Gasteiger partial charge is 0.126 e. The highest BCUT2D eigenvalue weighted by atomic mass is 35.5. The van der Waals surface area contributed by atoms with Gasteiger partial charge in [0.25, 0.3) is 0 Å². The first-order valence-electron chi connectivity index (χ1n) is 6.75. The fraction of sp³-hybridized carbons (Fsp3) is 0.294. The lowest BCUT2D eigenvalue weighted by Crippen LogP contribution is -2.11. The van der Waals surface area contributed by atoms with Crippen molar-refractivity contribution in [2.45, 2.75) is 12.8 Å². The Morgan fingerprint density at radius 1 is 1.10 bits per heavy atom. The zero-order valence-electron chi connectivity index (χ0n) is 11.8. The second-order valence-electron chi connectivity index (χ2n) is 5.02. The first-order valence-corrected chi connectivity index (χ1v) is 7.28. The molecule has 1 atom stereocenters. The van der Waals surface area contributed by atoms with Crippen molar-refractivity contribution in [2.75, 3.05) is 13.0 Å². The highest BCUT2D eigenvalue weighted by Crippen LogP contribution is 2.21. The number of alkyl halides is 1. The second-order valence-corrected chi connectivity index (χ2v) is 5.32. The maximum absolute atomic E-state index is 13.7. The van der Waals surface area contributed by atoms with E-state index in [-0.39, 0.29) is 5.92 Å². The lowest BCUT2D eigenvalue weighted by atomic mass is 9.93. The van der Waals surface area contributed by atoms with Crippen molar-refractivity contribution in [3.05, 3.63) is 65.2 Å². The van der Waals surface area contributed by atoms with Crippen molar-refractivity contribution in [3.63, 3.8) is 0 Å². The van der Waals surface area contributed by atoms with Gasteiger partial charge in [0.05, 0.1) is 7.11 Å². The van der Waals surface area contributed by atoms with Crippen molar-refractivity contribution in [1.29, 1.82) is 0 Å². The Morgan fingerprint density at radius 2 is 1.90 bits per heavy atom. The van der Waals surface area contributed by atoms with Crippen LogP contribution >= 0.6 is 11.6 Å². The van der Waals surface area contributed by atoms with Crippen LogP contribution in [0.4, 0.5) is 8.78 Å². The van der Waals surface area contributed by atoms with Crippen LogP contribution < -0.4 is 4.74 Å². The number of methoxy groups -OCH3 is 1. The van der Waals surface area contributed by atoms with Crippen LogP contribution in [0, 0.1) is 17.6 Å². The minimum Gasteiger partial charge on any atom is -0.497 e. The van der Waals surface area contributed by atoms with Crippen LogP contribution in [0.3, 0.4) is 0 Å². The Labute approximate surface area is 128 Å². The summed E-state index contributed by atoms with van der Waals surface area (Å²) in [5, 5.41) is 0. The molecule has 0 amide bonds. The number of hydrogen-bond acceptors (Lipinski definition) is 1. The minimum atomic E-state index is -0.430. The van der Waals surface area contributed by atoms with E-state index in [1.54, 1.807) is 7.11 Å². The van der Waals surface area contributed by atoms with Crippen LogP contribution in [0.1, 0.15) is 11.1 Å². The molecule has 0 saturated heterocycles. The molecule has 112 valence electrons. The van der Waals surface area contributed by atoms with E-state index in [1.165, 1.54) is 6.07 Å². The second kappa shape index (κ2) is 7.41. The van der Waals surface area contributed by atoms with Gasteiger partial charge in [-0.2, -0.15) is 0 Å². The molecule has 2 rings (SSSR count). The molecule has 21 heavy (non-hydrogen) atoms. The molecule has 0 aliphatic rings. The van der Waals surface area contributed by atoms with Crippen molar-refractivity contribution in [1.82, 2.24) is 0 Å². The fourth-order valence-electron chi connectivity index (χ4n) is 2.32. The molecule has 0 aromatic heterocycles. The van der Waals surface area contributed by atoms with Crippen LogP contribution in [-0.4, -0.2) is 13.0 Å². The summed E-state index contributed by atoms with van der Waals surface area (Å²) in [6.45, 7) is 0. The number of benzene rings is 2. The number of ether oxygens (including phenoxy) is 1. The molecular weight excluding hydrogens is 294 g/mol. The zero-order valence-corrected chi connectivity index (χ0v) is 12.5. The summed E-state index contributed by atoms with van der Waals surface area (Å²) in [4.78, 5) is 0. The van der Waals surface area contributed by atoms with Gasteiger partial charge in [-0.25, -0.2) is 8.78 Å². The van der Waals surface area contributed by atoms with Gasteiger partial charge in [0.1, 0.15) is 17.4 Å². The van der Waals surface area contributed by atoms with E-state index in [4.69, 9.17) is 16.3 Å². The molecule has 0 aliphatic carbocycles. The molecule has 0 aliphatic heterocycles. The van der Waals surface area contributed by atoms with Crippen molar-refractivity contribution < 1.29 is 13.5 Å². The molecule has 2 aromatic carbocycles. The number of hydrogen-bond donors (Lipinski definition) is 0.